The van der Waals surface area contributed by atoms with Gasteiger partial charge in [-0.05, 0) is 42.0 Å². The molecule has 6 heteroatoms. The molecule has 0 radical (unpaired) electrons. The van der Waals surface area contributed by atoms with Gasteiger partial charge in [0.2, 0.25) is 11.8 Å². The molecule has 0 spiro atoms. The number of amides is 2. The molecule has 0 aliphatic carbocycles. The third kappa shape index (κ3) is 3.87. The SMILES string of the molecule is NC(=O)c1ccccc1CC(=O)Nc1ccc(-n2ccccc2=O)cc1. The van der Waals surface area contributed by atoms with Crippen LogP contribution in [-0.4, -0.2) is 16.4 Å². The van der Waals surface area contributed by atoms with Gasteiger partial charge in [0.15, 0.2) is 0 Å². The van der Waals surface area contributed by atoms with Crippen LogP contribution in [0.1, 0.15) is 15.9 Å². The molecule has 2 aromatic carbocycles. The van der Waals surface area contributed by atoms with Gasteiger partial charge in [0.05, 0.1) is 6.42 Å². The van der Waals surface area contributed by atoms with E-state index in [1.165, 1.54) is 10.6 Å². The van der Waals surface area contributed by atoms with Crippen molar-refractivity contribution in [3.63, 3.8) is 0 Å². The van der Waals surface area contributed by atoms with E-state index >= 15 is 0 Å². The Kier molecular flexibility index (Phi) is 4.94. The third-order valence-corrected chi connectivity index (χ3v) is 3.89. The normalized spacial score (nSPS) is 10.3. The molecule has 2 amide bonds. The average Bonchev–Trinajstić information content (AvgIpc) is 2.63. The van der Waals surface area contributed by atoms with Gasteiger partial charge in [0, 0.05) is 29.2 Å². The molecule has 3 N–H and O–H groups in total. The first kappa shape index (κ1) is 17.2. The van der Waals surface area contributed by atoms with E-state index in [1.807, 2.05) is 0 Å². The molecule has 0 saturated carbocycles. The molecule has 3 aromatic rings. The van der Waals surface area contributed by atoms with Crippen LogP contribution in [0.3, 0.4) is 0 Å². The molecule has 0 unspecified atom stereocenters. The molecule has 26 heavy (non-hydrogen) atoms. The summed E-state index contributed by atoms with van der Waals surface area (Å²) in [4.78, 5) is 35.5. The Morgan fingerprint density at radius 3 is 2.31 bits per heavy atom. The fraction of sp³-hybridized carbons (Fsp3) is 0.0500. The van der Waals surface area contributed by atoms with E-state index in [-0.39, 0.29) is 17.9 Å². The Hall–Kier alpha value is -3.67. The Morgan fingerprint density at radius 1 is 0.923 bits per heavy atom. The summed E-state index contributed by atoms with van der Waals surface area (Å²) in [6, 6.07) is 18.6. The number of aromatic nitrogens is 1. The maximum atomic E-state index is 12.2. The number of primary amides is 1. The Balaban J connectivity index is 1.72. The van der Waals surface area contributed by atoms with Crippen molar-refractivity contribution >= 4 is 17.5 Å². The predicted octanol–water partition coefficient (Wildman–Crippen LogP) is 2.12. The lowest BCUT2D eigenvalue weighted by atomic mass is 10.0. The highest BCUT2D eigenvalue weighted by molar-refractivity contribution is 5.98. The predicted molar refractivity (Wildman–Crippen MR) is 99.3 cm³/mol. The van der Waals surface area contributed by atoms with Crippen molar-refractivity contribution in [1.29, 1.82) is 0 Å². The highest BCUT2D eigenvalue weighted by Gasteiger charge is 2.11. The molecule has 0 fully saturated rings. The number of benzene rings is 2. The van der Waals surface area contributed by atoms with Crippen LogP contribution < -0.4 is 16.6 Å². The van der Waals surface area contributed by atoms with Gasteiger partial charge >= 0.3 is 0 Å². The second-order valence-corrected chi connectivity index (χ2v) is 5.70. The number of carbonyl (C=O) groups excluding carboxylic acids is 2. The molecular formula is C20H17N3O3. The number of carbonyl (C=O) groups is 2. The number of pyridine rings is 1. The van der Waals surface area contributed by atoms with Gasteiger partial charge in [-0.25, -0.2) is 0 Å². The monoisotopic (exact) mass is 347 g/mol. The van der Waals surface area contributed by atoms with Crippen LogP contribution in [0.4, 0.5) is 5.69 Å². The molecule has 0 atom stereocenters. The number of nitrogens with zero attached hydrogens (tertiary/aromatic N) is 1. The van der Waals surface area contributed by atoms with Crippen molar-refractivity contribution in [2.75, 3.05) is 5.32 Å². The summed E-state index contributed by atoms with van der Waals surface area (Å²) >= 11 is 0. The van der Waals surface area contributed by atoms with Crippen molar-refractivity contribution < 1.29 is 9.59 Å². The summed E-state index contributed by atoms with van der Waals surface area (Å²) in [5.41, 5.74) is 7.40. The lowest BCUT2D eigenvalue weighted by molar-refractivity contribution is -0.115. The minimum Gasteiger partial charge on any atom is -0.366 e. The van der Waals surface area contributed by atoms with E-state index in [1.54, 1.807) is 66.9 Å². The van der Waals surface area contributed by atoms with E-state index < -0.39 is 5.91 Å². The first-order valence-electron chi connectivity index (χ1n) is 8.00. The Morgan fingerprint density at radius 2 is 1.62 bits per heavy atom. The number of anilines is 1. The molecule has 6 nitrogen and oxygen atoms in total. The minimum absolute atomic E-state index is 0.0407. The van der Waals surface area contributed by atoms with Gasteiger partial charge in [-0.2, -0.15) is 0 Å². The lowest BCUT2D eigenvalue weighted by Crippen LogP contribution is -2.19. The summed E-state index contributed by atoms with van der Waals surface area (Å²) in [6.07, 6.45) is 1.72. The van der Waals surface area contributed by atoms with Gasteiger partial charge in [-0.3, -0.25) is 19.0 Å². The van der Waals surface area contributed by atoms with Gasteiger partial charge in [0.25, 0.3) is 5.56 Å². The number of nitrogens with one attached hydrogen (secondary N) is 1. The summed E-state index contributed by atoms with van der Waals surface area (Å²) < 4.78 is 1.51. The molecular weight excluding hydrogens is 330 g/mol. The van der Waals surface area contributed by atoms with Crippen LogP contribution in [0.5, 0.6) is 0 Å². The van der Waals surface area contributed by atoms with Crippen LogP contribution in [0.2, 0.25) is 0 Å². The Labute approximate surface area is 149 Å². The second kappa shape index (κ2) is 7.48. The average molecular weight is 347 g/mol. The van der Waals surface area contributed by atoms with Gasteiger partial charge in [-0.1, -0.05) is 24.3 Å². The fourth-order valence-electron chi connectivity index (χ4n) is 2.64. The number of nitrogens with two attached hydrogens (primary N) is 1. The molecule has 130 valence electrons. The maximum Gasteiger partial charge on any atom is 0.255 e. The van der Waals surface area contributed by atoms with E-state index in [9.17, 15) is 14.4 Å². The van der Waals surface area contributed by atoms with E-state index in [0.29, 0.717) is 22.5 Å². The molecule has 1 heterocycles. The van der Waals surface area contributed by atoms with Crippen LogP contribution >= 0.6 is 0 Å². The summed E-state index contributed by atoms with van der Waals surface area (Å²) in [5, 5.41) is 2.77. The van der Waals surface area contributed by atoms with Crippen molar-refractivity contribution in [3.05, 3.63) is 94.4 Å². The molecule has 3 rings (SSSR count). The largest absolute Gasteiger partial charge is 0.366 e. The summed E-state index contributed by atoms with van der Waals surface area (Å²) in [5.74, 6) is -0.825. The highest BCUT2D eigenvalue weighted by Crippen LogP contribution is 2.14. The van der Waals surface area contributed by atoms with E-state index in [4.69, 9.17) is 5.73 Å². The lowest BCUT2D eigenvalue weighted by Gasteiger charge is -2.09. The fourth-order valence-corrected chi connectivity index (χ4v) is 2.64. The zero-order valence-electron chi connectivity index (χ0n) is 13.9. The smallest absolute Gasteiger partial charge is 0.255 e. The maximum absolute atomic E-state index is 12.2. The number of hydrogen-bond acceptors (Lipinski definition) is 3. The molecule has 0 bridgehead atoms. The second-order valence-electron chi connectivity index (χ2n) is 5.70. The van der Waals surface area contributed by atoms with Crippen molar-refractivity contribution in [2.45, 2.75) is 6.42 Å². The van der Waals surface area contributed by atoms with Gasteiger partial charge in [-0.15, -0.1) is 0 Å². The number of hydrogen-bond donors (Lipinski definition) is 2. The number of rotatable bonds is 5. The highest BCUT2D eigenvalue weighted by atomic mass is 16.2. The zero-order valence-corrected chi connectivity index (χ0v) is 13.9. The van der Waals surface area contributed by atoms with Crippen LogP contribution in [0.25, 0.3) is 5.69 Å². The minimum atomic E-state index is -0.564. The third-order valence-electron chi connectivity index (χ3n) is 3.89. The molecule has 0 aliphatic rings. The van der Waals surface area contributed by atoms with Crippen LogP contribution in [-0.2, 0) is 11.2 Å². The topological polar surface area (TPSA) is 94.2 Å². The molecule has 0 saturated heterocycles. The first-order chi connectivity index (χ1) is 12.5. The molecule has 0 aliphatic heterocycles. The van der Waals surface area contributed by atoms with Crippen LogP contribution in [0.15, 0.2) is 77.7 Å². The van der Waals surface area contributed by atoms with Gasteiger partial charge in [0.1, 0.15) is 0 Å². The van der Waals surface area contributed by atoms with E-state index in [0.717, 1.165) is 0 Å². The van der Waals surface area contributed by atoms with Gasteiger partial charge < -0.3 is 11.1 Å². The Bertz CT molecular complexity index is 1010. The van der Waals surface area contributed by atoms with Crippen molar-refractivity contribution in [2.24, 2.45) is 5.73 Å². The van der Waals surface area contributed by atoms with Crippen molar-refractivity contribution in [1.82, 2.24) is 4.57 Å². The van der Waals surface area contributed by atoms with Crippen LogP contribution in [0, 0.1) is 0 Å². The van der Waals surface area contributed by atoms with E-state index in [2.05, 4.69) is 5.32 Å². The first-order valence-corrected chi connectivity index (χ1v) is 8.00. The molecule has 1 aromatic heterocycles. The zero-order chi connectivity index (χ0) is 18.5. The van der Waals surface area contributed by atoms with Crippen molar-refractivity contribution in [3.8, 4) is 5.69 Å². The summed E-state index contributed by atoms with van der Waals surface area (Å²) in [6.45, 7) is 0. The quantitative estimate of drug-likeness (QED) is 0.740. The summed E-state index contributed by atoms with van der Waals surface area (Å²) in [7, 11) is 0. The standard InChI is InChI=1S/C20H17N3O3/c21-20(26)17-6-2-1-5-14(17)13-18(24)22-15-8-10-16(11-9-15)23-12-4-3-7-19(23)25/h1-12H,13H2,(H2,21,26)(H,22,24).